The van der Waals surface area contributed by atoms with Crippen LogP contribution in [-0.2, 0) is 22.9 Å². The Morgan fingerprint density at radius 3 is 2.38 bits per heavy atom. The standard InChI is InChI=1S/C26H38F3N7O3S/c1-32-16-30-31-24(32)23(18-5-3-6-18)19-7-4-8-20(12-19)35-15-22-21(26(27,28)29)11-17(14-36(22)25(35)37)13-34-10-9-33(2)40(34,38)39/h11,14-15,18-20,23-24,30-31H,3-10,12-13,16H2,1-2H3/t19?,20?,23-,24?/m1/s1. The number of aromatic nitrogens is 2. The fraction of sp³-hybridized carbons (Fsp3) is 0.731. The molecule has 4 fully saturated rings. The Bertz CT molecular complexity index is 1420. The maximum Gasteiger partial charge on any atom is 0.418 e. The van der Waals surface area contributed by atoms with Crippen LogP contribution in [0.5, 0.6) is 0 Å². The minimum absolute atomic E-state index is 0.132. The molecule has 2 aromatic rings. The van der Waals surface area contributed by atoms with Gasteiger partial charge in [0.05, 0.1) is 23.9 Å². The van der Waals surface area contributed by atoms with Gasteiger partial charge in [0.15, 0.2) is 0 Å². The summed E-state index contributed by atoms with van der Waals surface area (Å²) in [5, 5.41) is 0. The predicted octanol–water partition coefficient (Wildman–Crippen LogP) is 2.58. The summed E-state index contributed by atoms with van der Waals surface area (Å²) in [4.78, 5) is 15.9. The van der Waals surface area contributed by atoms with Gasteiger partial charge in [-0.1, -0.05) is 25.7 Å². The maximum absolute atomic E-state index is 14.2. The molecule has 2 aliphatic heterocycles. The van der Waals surface area contributed by atoms with Crippen LogP contribution >= 0.6 is 0 Å². The minimum atomic E-state index is -4.70. The van der Waals surface area contributed by atoms with Crippen LogP contribution in [-0.4, -0.2) is 70.9 Å². The number of imidazole rings is 1. The van der Waals surface area contributed by atoms with Crippen molar-refractivity contribution in [2.24, 2.45) is 17.8 Å². The molecule has 6 rings (SSSR count). The van der Waals surface area contributed by atoms with Crippen molar-refractivity contribution in [2.75, 3.05) is 33.9 Å². The molecule has 10 nitrogen and oxygen atoms in total. The second-order valence-corrected chi connectivity index (χ2v) is 14.1. The van der Waals surface area contributed by atoms with E-state index in [9.17, 15) is 26.4 Å². The Hall–Kier alpha value is -1.97. The Labute approximate surface area is 232 Å². The largest absolute Gasteiger partial charge is 0.418 e. The Morgan fingerprint density at radius 1 is 1.05 bits per heavy atom. The number of likely N-dealkylation sites (N-methyl/N-ethyl adjacent to an activating group) is 1. The summed E-state index contributed by atoms with van der Waals surface area (Å²) in [6.45, 7) is 0.972. The Balaban J connectivity index is 1.33. The minimum Gasteiger partial charge on any atom is -0.295 e. The molecule has 2 saturated heterocycles. The highest BCUT2D eigenvalue weighted by molar-refractivity contribution is 7.86. The molecular formula is C26H38F3N7O3S. The van der Waals surface area contributed by atoms with Crippen LogP contribution in [0.1, 0.15) is 62.1 Å². The number of rotatable bonds is 6. The van der Waals surface area contributed by atoms with Gasteiger partial charge in [0.25, 0.3) is 10.2 Å². The first kappa shape index (κ1) is 28.2. The van der Waals surface area contributed by atoms with Crippen LogP contribution in [0.15, 0.2) is 23.3 Å². The first-order valence-corrected chi connectivity index (χ1v) is 15.6. The summed E-state index contributed by atoms with van der Waals surface area (Å²) in [6, 6.07) is 0.795. The van der Waals surface area contributed by atoms with Crippen molar-refractivity contribution >= 4 is 15.7 Å². The molecule has 2 N–H and O–H groups in total. The fourth-order valence-corrected chi connectivity index (χ4v) is 8.62. The number of hydrogen-bond donors (Lipinski definition) is 2. The molecule has 0 aromatic carbocycles. The monoisotopic (exact) mass is 585 g/mol. The summed E-state index contributed by atoms with van der Waals surface area (Å²) in [6.07, 6.45) is 5.28. The first-order chi connectivity index (χ1) is 18.9. The van der Waals surface area contributed by atoms with E-state index in [0.29, 0.717) is 17.8 Å². The zero-order valence-electron chi connectivity index (χ0n) is 22.9. The quantitative estimate of drug-likeness (QED) is 0.542. The number of nitrogens with one attached hydrogen (secondary N) is 2. The molecule has 0 radical (unpaired) electrons. The molecule has 4 heterocycles. The summed E-state index contributed by atoms with van der Waals surface area (Å²) in [7, 11) is -0.205. The van der Waals surface area contributed by atoms with Gasteiger partial charge in [-0.15, -0.1) is 0 Å². The smallest absolute Gasteiger partial charge is 0.295 e. The third-order valence-electron chi connectivity index (χ3n) is 9.63. The topological polar surface area (TPSA) is 94.3 Å². The molecule has 4 atom stereocenters. The highest BCUT2D eigenvalue weighted by atomic mass is 32.2. The molecule has 3 unspecified atom stereocenters. The third-order valence-corrected chi connectivity index (χ3v) is 11.6. The number of hydrazine groups is 1. The molecule has 2 aromatic heterocycles. The van der Waals surface area contributed by atoms with Gasteiger partial charge in [-0.05, 0) is 55.7 Å². The zero-order chi connectivity index (χ0) is 28.4. The second kappa shape index (κ2) is 10.4. The van der Waals surface area contributed by atoms with Crippen molar-refractivity contribution in [1.82, 2.24) is 33.3 Å². The zero-order valence-corrected chi connectivity index (χ0v) is 23.7. The van der Waals surface area contributed by atoms with E-state index in [0.717, 1.165) is 47.1 Å². The van der Waals surface area contributed by atoms with Crippen molar-refractivity contribution in [3.05, 3.63) is 40.1 Å². The van der Waals surface area contributed by atoms with E-state index < -0.39 is 27.6 Å². The van der Waals surface area contributed by atoms with E-state index in [1.807, 2.05) is 0 Å². The Kier molecular flexibility index (Phi) is 7.31. The van der Waals surface area contributed by atoms with E-state index in [4.69, 9.17) is 0 Å². The molecule has 0 bridgehead atoms. The van der Waals surface area contributed by atoms with Crippen molar-refractivity contribution in [3.63, 3.8) is 0 Å². The van der Waals surface area contributed by atoms with Crippen molar-refractivity contribution < 1.29 is 21.6 Å². The van der Waals surface area contributed by atoms with Crippen molar-refractivity contribution in [3.8, 4) is 0 Å². The van der Waals surface area contributed by atoms with Crippen LogP contribution in [0, 0.1) is 17.8 Å². The SMILES string of the molecule is CN1CNNC1[C@H](C1CCC1)C1CCCC(n2cc3c(C(F)(F)F)cc(CN4CCN(C)S4(=O)=O)cn3c2=O)C1. The maximum atomic E-state index is 14.2. The highest BCUT2D eigenvalue weighted by Gasteiger charge is 2.44. The van der Waals surface area contributed by atoms with Crippen LogP contribution in [0.25, 0.3) is 5.52 Å². The average Bonchev–Trinajstić information content (AvgIpc) is 3.52. The van der Waals surface area contributed by atoms with Gasteiger partial charge in [0.2, 0.25) is 0 Å². The molecule has 0 amide bonds. The second-order valence-electron chi connectivity index (χ2n) is 12.0. The number of fused-ring (bicyclic) bond motifs is 1. The number of alkyl halides is 3. The molecule has 4 aliphatic rings. The first-order valence-electron chi connectivity index (χ1n) is 14.2. The van der Waals surface area contributed by atoms with Gasteiger partial charge in [-0.3, -0.25) is 13.9 Å². The molecule has 0 spiro atoms. The Morgan fingerprint density at radius 2 is 1.77 bits per heavy atom. The molecule has 2 saturated carbocycles. The van der Waals surface area contributed by atoms with Crippen molar-refractivity contribution in [1.29, 1.82) is 0 Å². The lowest BCUT2D eigenvalue weighted by Crippen LogP contribution is -2.50. The molecule has 14 heteroatoms. The van der Waals surface area contributed by atoms with Gasteiger partial charge in [0.1, 0.15) is 0 Å². The molecule has 222 valence electrons. The summed E-state index contributed by atoms with van der Waals surface area (Å²) in [5.41, 5.74) is 5.19. The van der Waals surface area contributed by atoms with E-state index >= 15 is 0 Å². The van der Waals surface area contributed by atoms with Gasteiger partial charge in [0, 0.05) is 45.1 Å². The van der Waals surface area contributed by atoms with Crippen LogP contribution in [0.4, 0.5) is 13.2 Å². The summed E-state index contributed by atoms with van der Waals surface area (Å²) >= 11 is 0. The number of nitrogens with zero attached hydrogens (tertiary/aromatic N) is 5. The van der Waals surface area contributed by atoms with E-state index in [-0.39, 0.29) is 42.9 Å². The lowest BCUT2D eigenvalue weighted by atomic mass is 9.65. The van der Waals surface area contributed by atoms with Gasteiger partial charge >= 0.3 is 11.9 Å². The number of hydrogen-bond acceptors (Lipinski definition) is 6. The van der Waals surface area contributed by atoms with Gasteiger partial charge in [-0.25, -0.2) is 15.6 Å². The predicted molar refractivity (Wildman–Crippen MR) is 143 cm³/mol. The lowest BCUT2D eigenvalue weighted by Gasteiger charge is -2.46. The normalized spacial score (nSPS) is 29.8. The average molecular weight is 586 g/mol. The third kappa shape index (κ3) is 4.90. The van der Waals surface area contributed by atoms with E-state index in [2.05, 4.69) is 22.8 Å². The summed E-state index contributed by atoms with van der Waals surface area (Å²) in [5.74, 6) is 1.37. The van der Waals surface area contributed by atoms with Gasteiger partial charge in [-0.2, -0.15) is 30.2 Å². The van der Waals surface area contributed by atoms with Crippen LogP contribution in [0.2, 0.25) is 0 Å². The van der Waals surface area contributed by atoms with Crippen LogP contribution in [0.3, 0.4) is 0 Å². The summed E-state index contributed by atoms with van der Waals surface area (Å²) < 4.78 is 72.7. The van der Waals surface area contributed by atoms with Crippen molar-refractivity contribution in [2.45, 2.75) is 69.9 Å². The highest BCUT2D eigenvalue weighted by Crippen LogP contribution is 2.47. The number of pyridine rings is 1. The molecule has 2 aliphatic carbocycles. The van der Waals surface area contributed by atoms with Crippen LogP contribution < -0.4 is 16.5 Å². The molecule has 40 heavy (non-hydrogen) atoms. The molecular weight excluding hydrogens is 547 g/mol. The van der Waals surface area contributed by atoms with E-state index in [1.54, 1.807) is 0 Å². The van der Waals surface area contributed by atoms with E-state index in [1.165, 1.54) is 47.6 Å². The fourth-order valence-electron chi connectivity index (χ4n) is 7.28. The lowest BCUT2D eigenvalue weighted by molar-refractivity contribution is -0.136. The van der Waals surface area contributed by atoms with Gasteiger partial charge < -0.3 is 0 Å². The number of halogens is 3.